The van der Waals surface area contributed by atoms with Crippen LogP contribution in [-0.4, -0.2) is 44.7 Å². The molecular formula is C19H25N3O. The maximum absolute atomic E-state index is 5.98. The molecule has 2 N–H and O–H groups in total. The molecule has 0 bridgehead atoms. The van der Waals surface area contributed by atoms with Crippen LogP contribution in [0.25, 0.3) is 0 Å². The van der Waals surface area contributed by atoms with Gasteiger partial charge in [0.2, 0.25) is 0 Å². The number of hydrogen-bond donors (Lipinski definition) is 1. The van der Waals surface area contributed by atoms with E-state index in [2.05, 4.69) is 46.2 Å². The molecule has 0 spiro atoms. The van der Waals surface area contributed by atoms with Crippen LogP contribution < -0.4 is 15.4 Å². The number of benzene rings is 2. The Balaban J connectivity index is 1.48. The minimum absolute atomic E-state index is 0.721. The van der Waals surface area contributed by atoms with Gasteiger partial charge in [-0.2, -0.15) is 0 Å². The second kappa shape index (κ2) is 7.38. The summed E-state index contributed by atoms with van der Waals surface area (Å²) in [5.74, 6) is 0.755. The molecule has 0 aliphatic carbocycles. The van der Waals surface area contributed by atoms with Crippen molar-refractivity contribution in [1.29, 1.82) is 0 Å². The van der Waals surface area contributed by atoms with Crippen molar-refractivity contribution in [3.63, 3.8) is 0 Å². The number of anilines is 2. The number of rotatable bonds is 5. The third-order valence-corrected chi connectivity index (χ3v) is 4.50. The number of piperazine rings is 1. The molecule has 1 saturated heterocycles. The largest absolute Gasteiger partial charge is 0.495 e. The quantitative estimate of drug-likeness (QED) is 0.862. The molecule has 1 fully saturated rings. The first-order chi connectivity index (χ1) is 11.3. The second-order valence-corrected chi connectivity index (χ2v) is 5.99. The van der Waals surface area contributed by atoms with E-state index in [9.17, 15) is 0 Å². The summed E-state index contributed by atoms with van der Waals surface area (Å²) in [5, 5.41) is 0. The van der Waals surface area contributed by atoms with Crippen LogP contribution in [0.1, 0.15) is 5.56 Å². The minimum atomic E-state index is 0.721. The number of methoxy groups -OCH3 is 1. The Kier molecular flexibility index (Phi) is 5.03. The lowest BCUT2D eigenvalue weighted by atomic mass is 10.1. The molecule has 0 radical (unpaired) electrons. The zero-order valence-corrected chi connectivity index (χ0v) is 13.7. The first kappa shape index (κ1) is 15.7. The van der Waals surface area contributed by atoms with E-state index < -0.39 is 0 Å². The second-order valence-electron chi connectivity index (χ2n) is 5.99. The minimum Gasteiger partial charge on any atom is -0.495 e. The first-order valence-corrected chi connectivity index (χ1v) is 8.21. The van der Waals surface area contributed by atoms with Crippen LogP contribution in [0.3, 0.4) is 0 Å². The Morgan fingerprint density at radius 2 is 1.74 bits per heavy atom. The Bertz CT molecular complexity index is 622. The molecule has 1 aliphatic heterocycles. The van der Waals surface area contributed by atoms with Crippen LogP contribution >= 0.6 is 0 Å². The molecule has 2 aromatic carbocycles. The smallest absolute Gasteiger partial charge is 0.141 e. The Labute approximate surface area is 138 Å². The Hall–Kier alpha value is -2.20. The number of nitrogens with two attached hydrogens (primary N) is 1. The summed E-state index contributed by atoms with van der Waals surface area (Å²) in [4.78, 5) is 4.99. The van der Waals surface area contributed by atoms with E-state index in [1.54, 1.807) is 7.11 Å². The van der Waals surface area contributed by atoms with Gasteiger partial charge in [0.05, 0.1) is 12.8 Å². The lowest BCUT2D eigenvalue weighted by Crippen LogP contribution is -2.46. The van der Waals surface area contributed by atoms with Crippen molar-refractivity contribution in [1.82, 2.24) is 4.90 Å². The van der Waals surface area contributed by atoms with E-state index in [1.165, 1.54) is 11.3 Å². The van der Waals surface area contributed by atoms with Crippen LogP contribution in [0.4, 0.5) is 11.4 Å². The van der Waals surface area contributed by atoms with Gasteiger partial charge in [-0.15, -0.1) is 0 Å². The summed E-state index contributed by atoms with van der Waals surface area (Å²) >= 11 is 0. The van der Waals surface area contributed by atoms with Gasteiger partial charge in [-0.25, -0.2) is 0 Å². The number of nitrogen functional groups attached to an aromatic ring is 1. The molecule has 4 heteroatoms. The number of hydrogen-bond acceptors (Lipinski definition) is 4. The van der Waals surface area contributed by atoms with Crippen molar-refractivity contribution in [2.24, 2.45) is 0 Å². The van der Waals surface area contributed by atoms with Crippen LogP contribution in [-0.2, 0) is 6.42 Å². The van der Waals surface area contributed by atoms with Crippen molar-refractivity contribution in [2.75, 3.05) is 50.5 Å². The molecule has 0 atom stereocenters. The van der Waals surface area contributed by atoms with Gasteiger partial charge in [0.1, 0.15) is 5.75 Å². The molecule has 0 amide bonds. The number of para-hydroxylation sites is 1. The fraction of sp³-hybridized carbons (Fsp3) is 0.368. The van der Waals surface area contributed by atoms with E-state index in [0.29, 0.717) is 0 Å². The lowest BCUT2D eigenvalue weighted by Gasteiger charge is -2.36. The van der Waals surface area contributed by atoms with Crippen LogP contribution in [0.5, 0.6) is 5.75 Å². The standard InChI is InChI=1S/C19H25N3O/c1-23-19-8-7-16(15-18(19)20)9-10-21-11-13-22(14-12-21)17-5-3-2-4-6-17/h2-8,15H,9-14,20H2,1H3. The third-order valence-electron chi connectivity index (χ3n) is 4.50. The van der Waals surface area contributed by atoms with Gasteiger partial charge in [-0.3, -0.25) is 4.90 Å². The molecule has 0 saturated carbocycles. The molecule has 23 heavy (non-hydrogen) atoms. The van der Waals surface area contributed by atoms with Crippen LogP contribution in [0.15, 0.2) is 48.5 Å². The maximum Gasteiger partial charge on any atom is 0.141 e. The van der Waals surface area contributed by atoms with Crippen molar-refractivity contribution < 1.29 is 4.74 Å². The third kappa shape index (κ3) is 3.96. The first-order valence-electron chi connectivity index (χ1n) is 8.21. The SMILES string of the molecule is COc1ccc(CCN2CCN(c3ccccc3)CC2)cc1N. The average molecular weight is 311 g/mol. The molecular weight excluding hydrogens is 286 g/mol. The van der Waals surface area contributed by atoms with Gasteiger partial charge in [0.15, 0.2) is 0 Å². The van der Waals surface area contributed by atoms with E-state index in [4.69, 9.17) is 10.5 Å². The van der Waals surface area contributed by atoms with Gasteiger partial charge < -0.3 is 15.4 Å². The Morgan fingerprint density at radius 1 is 1.00 bits per heavy atom. The van der Waals surface area contributed by atoms with Crippen LogP contribution in [0.2, 0.25) is 0 Å². The zero-order valence-electron chi connectivity index (χ0n) is 13.7. The topological polar surface area (TPSA) is 41.7 Å². The highest BCUT2D eigenvalue weighted by Gasteiger charge is 2.16. The molecule has 0 unspecified atom stereocenters. The molecule has 0 aromatic heterocycles. The van der Waals surface area contributed by atoms with Crippen molar-refractivity contribution in [2.45, 2.75) is 6.42 Å². The van der Waals surface area contributed by atoms with Crippen LogP contribution in [0, 0.1) is 0 Å². The van der Waals surface area contributed by atoms with E-state index in [0.717, 1.165) is 50.6 Å². The average Bonchev–Trinajstić information content (AvgIpc) is 2.61. The number of ether oxygens (including phenoxy) is 1. The summed E-state index contributed by atoms with van der Waals surface area (Å²) in [6.07, 6.45) is 1.03. The van der Waals surface area contributed by atoms with Crippen molar-refractivity contribution in [3.05, 3.63) is 54.1 Å². The van der Waals surface area contributed by atoms with E-state index >= 15 is 0 Å². The monoisotopic (exact) mass is 311 g/mol. The molecule has 1 heterocycles. The molecule has 2 aromatic rings. The fourth-order valence-electron chi connectivity index (χ4n) is 3.10. The van der Waals surface area contributed by atoms with Crippen molar-refractivity contribution in [3.8, 4) is 5.75 Å². The summed E-state index contributed by atoms with van der Waals surface area (Å²) in [6, 6.07) is 16.8. The highest BCUT2D eigenvalue weighted by molar-refractivity contribution is 5.54. The molecule has 3 rings (SSSR count). The lowest BCUT2D eigenvalue weighted by molar-refractivity contribution is 0.261. The predicted molar refractivity (Wildman–Crippen MR) is 96.2 cm³/mol. The zero-order chi connectivity index (χ0) is 16.1. The highest BCUT2D eigenvalue weighted by atomic mass is 16.5. The normalized spacial score (nSPS) is 15.6. The predicted octanol–water partition coefficient (Wildman–Crippen LogP) is 2.64. The number of nitrogens with zero attached hydrogens (tertiary/aromatic N) is 2. The van der Waals surface area contributed by atoms with Gasteiger partial charge >= 0.3 is 0 Å². The van der Waals surface area contributed by atoms with E-state index in [-0.39, 0.29) is 0 Å². The maximum atomic E-state index is 5.98. The summed E-state index contributed by atoms with van der Waals surface area (Å²) in [6.45, 7) is 5.49. The molecule has 4 nitrogen and oxygen atoms in total. The Morgan fingerprint density at radius 3 is 2.39 bits per heavy atom. The van der Waals surface area contributed by atoms with Crippen molar-refractivity contribution >= 4 is 11.4 Å². The summed E-state index contributed by atoms with van der Waals surface area (Å²) < 4.78 is 5.21. The summed E-state index contributed by atoms with van der Waals surface area (Å²) in [5.41, 5.74) is 9.30. The van der Waals surface area contributed by atoms with Gasteiger partial charge in [0, 0.05) is 38.4 Å². The van der Waals surface area contributed by atoms with E-state index in [1.807, 2.05) is 12.1 Å². The van der Waals surface area contributed by atoms with Gasteiger partial charge in [-0.05, 0) is 36.2 Å². The molecule has 1 aliphatic rings. The highest BCUT2D eigenvalue weighted by Crippen LogP contribution is 2.22. The summed E-state index contributed by atoms with van der Waals surface area (Å²) in [7, 11) is 1.65. The van der Waals surface area contributed by atoms with Gasteiger partial charge in [0.25, 0.3) is 0 Å². The molecule has 122 valence electrons. The fourth-order valence-corrected chi connectivity index (χ4v) is 3.10. The van der Waals surface area contributed by atoms with Gasteiger partial charge in [-0.1, -0.05) is 24.3 Å².